The Balaban J connectivity index is 1.73. The molecule has 0 aromatic heterocycles. The number of nitrogens with one attached hydrogen (secondary N) is 1. The van der Waals surface area contributed by atoms with Crippen molar-refractivity contribution in [3.05, 3.63) is 86.9 Å². The molecular weight excluding hydrogens is 533 g/mol. The number of rotatable bonds is 6. The summed E-state index contributed by atoms with van der Waals surface area (Å²) in [6.45, 7) is 5.52. The van der Waals surface area contributed by atoms with Crippen LogP contribution in [0.5, 0.6) is 0 Å². The highest BCUT2D eigenvalue weighted by molar-refractivity contribution is 7.93. The maximum absolute atomic E-state index is 14.2. The van der Waals surface area contributed by atoms with Crippen molar-refractivity contribution in [3.8, 4) is 0 Å². The molecule has 10 heteroatoms. The highest BCUT2D eigenvalue weighted by atomic mass is 35.5. The van der Waals surface area contributed by atoms with Crippen molar-refractivity contribution >= 4 is 56.4 Å². The Kier molecular flexibility index (Phi) is 7.55. The molecule has 3 aromatic rings. The second-order valence-electron chi connectivity index (χ2n) is 9.24. The molecule has 37 heavy (non-hydrogen) atoms. The number of benzene rings is 3. The van der Waals surface area contributed by atoms with Gasteiger partial charge in [0.2, 0.25) is 11.8 Å². The minimum absolute atomic E-state index is 0.126. The molecule has 194 valence electrons. The first-order valence-corrected chi connectivity index (χ1v) is 13.8. The Hall–Kier alpha value is -3.07. The zero-order chi connectivity index (χ0) is 27.1. The predicted molar refractivity (Wildman–Crippen MR) is 147 cm³/mol. The first-order valence-electron chi connectivity index (χ1n) is 11.6. The van der Waals surface area contributed by atoms with Gasteiger partial charge in [0, 0.05) is 23.6 Å². The van der Waals surface area contributed by atoms with Crippen molar-refractivity contribution in [2.45, 2.75) is 44.7 Å². The maximum Gasteiger partial charge on any atom is 0.265 e. The number of nitrogens with zero attached hydrogens (tertiary/aromatic N) is 2. The molecule has 0 saturated carbocycles. The molecule has 1 N–H and O–H groups in total. The molecular formula is C27H27Cl2N3O4S. The monoisotopic (exact) mass is 559 g/mol. The topological polar surface area (TPSA) is 86.8 Å². The summed E-state index contributed by atoms with van der Waals surface area (Å²) in [6, 6.07) is 13.9. The van der Waals surface area contributed by atoms with E-state index in [1.54, 1.807) is 75.5 Å². The molecule has 1 aliphatic heterocycles. The second-order valence-corrected chi connectivity index (χ2v) is 11.8. The number of hydrogen-bond donors (Lipinski definition) is 1. The van der Waals surface area contributed by atoms with Gasteiger partial charge < -0.3 is 10.2 Å². The zero-order valence-electron chi connectivity index (χ0n) is 20.9. The first kappa shape index (κ1) is 27.0. The first-order chi connectivity index (χ1) is 17.4. The van der Waals surface area contributed by atoms with Gasteiger partial charge >= 0.3 is 0 Å². The summed E-state index contributed by atoms with van der Waals surface area (Å²) in [5.41, 5.74) is 3.42. The van der Waals surface area contributed by atoms with Crippen LogP contribution >= 0.6 is 23.2 Å². The SMILES string of the molecule is Cc1cc(C)c(S(=O)(=O)N2c3ccccc3NC(=O)C2CC(=O)N(C)Cc2ccc(Cl)cc2Cl)c(C)c1. The van der Waals surface area contributed by atoms with Gasteiger partial charge in [0.15, 0.2) is 0 Å². The summed E-state index contributed by atoms with van der Waals surface area (Å²) in [7, 11) is -2.63. The van der Waals surface area contributed by atoms with E-state index in [0.717, 1.165) is 9.87 Å². The van der Waals surface area contributed by atoms with Crippen LogP contribution in [-0.4, -0.2) is 38.2 Å². The lowest BCUT2D eigenvalue weighted by Crippen LogP contribution is -2.53. The molecule has 1 unspecified atom stereocenters. The minimum atomic E-state index is -4.21. The molecule has 0 bridgehead atoms. The number of carbonyl (C=O) groups is 2. The van der Waals surface area contributed by atoms with Gasteiger partial charge in [-0.2, -0.15) is 0 Å². The largest absolute Gasteiger partial charge is 0.341 e. The standard InChI is InChI=1S/C27H27Cl2N3O4S/c1-16-11-17(2)26(18(3)12-16)37(35,36)32-23-8-6-5-7-22(23)30-27(34)24(32)14-25(33)31(4)15-19-9-10-20(28)13-21(19)29/h5-13,24H,14-15H2,1-4H3,(H,30,34). The van der Waals surface area contributed by atoms with Crippen LogP contribution in [0.1, 0.15) is 28.7 Å². The summed E-state index contributed by atoms with van der Waals surface area (Å²) in [5.74, 6) is -0.987. The molecule has 4 rings (SSSR count). The Labute approximate surface area is 227 Å². The molecule has 0 fully saturated rings. The van der Waals surface area contributed by atoms with E-state index in [9.17, 15) is 18.0 Å². The van der Waals surface area contributed by atoms with Crippen LogP contribution in [0.3, 0.4) is 0 Å². The zero-order valence-corrected chi connectivity index (χ0v) is 23.2. The Morgan fingerprint density at radius 1 is 1.03 bits per heavy atom. The van der Waals surface area contributed by atoms with Crippen molar-refractivity contribution in [2.75, 3.05) is 16.7 Å². The predicted octanol–water partition coefficient (Wildman–Crippen LogP) is 5.48. The number of para-hydroxylation sites is 2. The van der Waals surface area contributed by atoms with Gasteiger partial charge in [0.05, 0.1) is 22.7 Å². The molecule has 1 atom stereocenters. The number of fused-ring (bicyclic) bond motifs is 1. The van der Waals surface area contributed by atoms with Crippen molar-refractivity contribution in [1.29, 1.82) is 0 Å². The number of aryl methyl sites for hydroxylation is 3. The number of halogens is 2. The van der Waals surface area contributed by atoms with Crippen LogP contribution in [0.15, 0.2) is 59.5 Å². The van der Waals surface area contributed by atoms with Crippen molar-refractivity contribution in [2.24, 2.45) is 0 Å². The van der Waals surface area contributed by atoms with Gasteiger partial charge in [-0.05, 0) is 61.7 Å². The molecule has 1 aliphatic rings. The molecule has 1 heterocycles. The minimum Gasteiger partial charge on any atom is -0.341 e. The van der Waals surface area contributed by atoms with E-state index in [1.165, 1.54) is 4.90 Å². The average molecular weight is 561 g/mol. The summed E-state index contributed by atoms with van der Waals surface area (Å²) in [4.78, 5) is 28.1. The molecule has 0 aliphatic carbocycles. The van der Waals surface area contributed by atoms with Gasteiger partial charge in [-0.25, -0.2) is 8.42 Å². The highest BCUT2D eigenvalue weighted by Crippen LogP contribution is 2.39. The fourth-order valence-electron chi connectivity index (χ4n) is 4.72. The lowest BCUT2D eigenvalue weighted by molar-refractivity contribution is -0.132. The lowest BCUT2D eigenvalue weighted by atomic mass is 10.1. The van der Waals surface area contributed by atoms with E-state index in [0.29, 0.717) is 38.1 Å². The second kappa shape index (κ2) is 10.4. The number of anilines is 2. The van der Waals surface area contributed by atoms with Crippen molar-refractivity contribution < 1.29 is 18.0 Å². The van der Waals surface area contributed by atoms with E-state index in [4.69, 9.17) is 23.2 Å². The average Bonchev–Trinajstić information content (AvgIpc) is 2.80. The van der Waals surface area contributed by atoms with Gasteiger partial charge in [-0.15, -0.1) is 0 Å². The normalized spacial score (nSPS) is 15.2. The van der Waals surface area contributed by atoms with E-state index >= 15 is 0 Å². The van der Waals surface area contributed by atoms with E-state index in [1.807, 2.05) is 6.92 Å². The molecule has 7 nitrogen and oxygen atoms in total. The summed E-state index contributed by atoms with van der Waals surface area (Å²) in [6.07, 6.45) is -0.356. The lowest BCUT2D eigenvalue weighted by Gasteiger charge is -2.37. The quantitative estimate of drug-likeness (QED) is 0.433. The maximum atomic E-state index is 14.2. The Morgan fingerprint density at radius 3 is 2.32 bits per heavy atom. The molecule has 0 saturated heterocycles. The third kappa shape index (κ3) is 5.32. The van der Waals surface area contributed by atoms with Crippen LogP contribution in [0.25, 0.3) is 0 Å². The number of amides is 2. The van der Waals surface area contributed by atoms with Crippen LogP contribution < -0.4 is 9.62 Å². The number of carbonyl (C=O) groups excluding carboxylic acids is 2. The Bertz CT molecular complexity index is 1480. The third-order valence-corrected chi connectivity index (χ3v) is 9.04. The summed E-state index contributed by atoms with van der Waals surface area (Å²) in [5, 5.41) is 3.64. The number of sulfonamides is 1. The molecule has 2 amide bonds. The van der Waals surface area contributed by atoms with Crippen LogP contribution in [-0.2, 0) is 26.2 Å². The molecule has 3 aromatic carbocycles. The third-order valence-electron chi connectivity index (χ3n) is 6.32. The smallest absolute Gasteiger partial charge is 0.265 e. The van der Waals surface area contributed by atoms with Crippen molar-refractivity contribution in [3.63, 3.8) is 0 Å². The fraction of sp³-hybridized carbons (Fsp3) is 0.259. The van der Waals surface area contributed by atoms with Crippen LogP contribution in [0, 0.1) is 20.8 Å². The van der Waals surface area contributed by atoms with Gasteiger partial charge in [0.25, 0.3) is 10.0 Å². The van der Waals surface area contributed by atoms with Gasteiger partial charge in [0.1, 0.15) is 6.04 Å². The fourth-order valence-corrected chi connectivity index (χ4v) is 7.24. The van der Waals surface area contributed by atoms with Gasteiger partial charge in [-0.3, -0.25) is 13.9 Å². The van der Waals surface area contributed by atoms with Crippen LogP contribution in [0.2, 0.25) is 10.0 Å². The molecule has 0 radical (unpaired) electrons. The number of hydrogen-bond acceptors (Lipinski definition) is 4. The summed E-state index contributed by atoms with van der Waals surface area (Å²) < 4.78 is 29.4. The van der Waals surface area contributed by atoms with Crippen molar-refractivity contribution in [1.82, 2.24) is 4.90 Å². The van der Waals surface area contributed by atoms with Crippen LogP contribution in [0.4, 0.5) is 11.4 Å². The van der Waals surface area contributed by atoms with E-state index < -0.39 is 27.9 Å². The highest BCUT2D eigenvalue weighted by Gasteiger charge is 2.43. The van der Waals surface area contributed by atoms with E-state index in [2.05, 4.69) is 5.32 Å². The summed E-state index contributed by atoms with van der Waals surface area (Å²) >= 11 is 12.2. The van der Waals surface area contributed by atoms with E-state index in [-0.39, 0.29) is 17.9 Å². The van der Waals surface area contributed by atoms with Gasteiger partial charge in [-0.1, -0.05) is 59.1 Å². The molecule has 0 spiro atoms. The Morgan fingerprint density at radius 2 is 1.68 bits per heavy atom.